The van der Waals surface area contributed by atoms with Gasteiger partial charge in [0.15, 0.2) is 0 Å². The minimum atomic E-state index is -0.684. The van der Waals surface area contributed by atoms with E-state index in [4.69, 9.17) is 5.11 Å². The molecule has 0 unspecified atom stereocenters. The molecule has 0 aromatic carbocycles. The first-order valence-electron chi connectivity index (χ1n) is 11.7. The number of rotatable bonds is 4. The summed E-state index contributed by atoms with van der Waals surface area (Å²) in [5.74, 6) is 2.36. The predicted molar refractivity (Wildman–Crippen MR) is 114 cm³/mol. The first-order valence-corrected chi connectivity index (χ1v) is 11.7. The average molecular weight is 416 g/mol. The van der Waals surface area contributed by atoms with Crippen LogP contribution in [0.15, 0.2) is 0 Å². The second kappa shape index (κ2) is 8.73. The molecule has 0 saturated heterocycles. The van der Waals surface area contributed by atoms with Gasteiger partial charge in [-0.2, -0.15) is 0 Å². The Morgan fingerprint density at radius 1 is 1.00 bits per heavy atom. The summed E-state index contributed by atoms with van der Waals surface area (Å²) in [5, 5.41) is 30.5. The second-order valence-corrected chi connectivity index (χ2v) is 11.4. The van der Waals surface area contributed by atoms with Crippen molar-refractivity contribution in [2.45, 2.75) is 97.2 Å². The summed E-state index contributed by atoms with van der Waals surface area (Å²) < 4.78 is 0. The fourth-order valence-corrected chi connectivity index (χ4v) is 8.73. The Labute approximate surface area is 198 Å². The summed E-state index contributed by atoms with van der Waals surface area (Å²) in [6, 6.07) is 0. The van der Waals surface area contributed by atoms with Crippen LogP contribution in [0.5, 0.6) is 0 Å². The zero-order valence-corrected chi connectivity index (χ0v) is 20.9. The van der Waals surface area contributed by atoms with Crippen molar-refractivity contribution in [3.05, 3.63) is 0 Å². The molecule has 10 atom stereocenters. The summed E-state index contributed by atoms with van der Waals surface area (Å²) in [5.41, 5.74) is 0.523. The normalized spacial score (nSPS) is 49.9. The molecule has 0 aromatic heterocycles. The Morgan fingerprint density at radius 3 is 2.34 bits per heavy atom. The summed E-state index contributed by atoms with van der Waals surface area (Å²) in [4.78, 5) is 11.1. The van der Waals surface area contributed by atoms with Crippen LogP contribution in [0.2, 0.25) is 0 Å². The van der Waals surface area contributed by atoms with Gasteiger partial charge >= 0.3 is 5.97 Å². The average Bonchev–Trinajstić information content (AvgIpc) is 2.98. The van der Waals surface area contributed by atoms with Gasteiger partial charge in [0.1, 0.15) is 0 Å². The molecule has 0 aliphatic heterocycles. The van der Waals surface area contributed by atoms with Gasteiger partial charge in [0, 0.05) is 36.0 Å². The van der Waals surface area contributed by atoms with Crippen LogP contribution in [0.3, 0.4) is 0 Å². The third-order valence-electron chi connectivity index (χ3n) is 10.2. The minimum absolute atomic E-state index is 0. The van der Waals surface area contributed by atoms with Crippen LogP contribution in [-0.2, 0) is 4.79 Å². The molecule has 0 spiro atoms. The zero-order chi connectivity index (χ0) is 20.3. The topological polar surface area (TPSA) is 77.8 Å². The Hall–Kier alpha value is 0.390. The van der Waals surface area contributed by atoms with Crippen LogP contribution in [0.4, 0.5) is 0 Å². The minimum Gasteiger partial charge on any atom is -0.481 e. The van der Waals surface area contributed by atoms with E-state index in [1.807, 2.05) is 0 Å². The monoisotopic (exact) mass is 415 g/mol. The van der Waals surface area contributed by atoms with Crippen LogP contribution in [0.1, 0.15) is 85.0 Å². The standard InChI is InChI=1S/C24H40O4.Na/c1-14(4-7-21(27)28)17-5-6-18-22-19(9-11-24(17,18)3)23(2)10-8-16(25)12-15(23)13-20(22)26;/h14-20,22,25-26H,4-13H2,1-3H3,(H,27,28);/t14-,15+,16-,17-,18+,19+,20+,22+,23+,24-;/m1./s1. The second-order valence-electron chi connectivity index (χ2n) is 11.4. The van der Waals surface area contributed by atoms with Gasteiger partial charge in [-0.25, -0.2) is 0 Å². The molecule has 4 nitrogen and oxygen atoms in total. The fraction of sp³-hybridized carbons (Fsp3) is 0.958. The zero-order valence-electron chi connectivity index (χ0n) is 18.9. The van der Waals surface area contributed by atoms with Crippen molar-refractivity contribution in [2.24, 2.45) is 46.3 Å². The van der Waals surface area contributed by atoms with Gasteiger partial charge in [0.25, 0.3) is 0 Å². The molecule has 5 heteroatoms. The number of fused-ring (bicyclic) bond motifs is 5. The Bertz CT molecular complexity index is 612. The first-order chi connectivity index (χ1) is 13.2. The Kier molecular flexibility index (Phi) is 7.24. The molecule has 0 amide bonds. The largest absolute Gasteiger partial charge is 0.481 e. The van der Waals surface area contributed by atoms with Crippen LogP contribution < -0.4 is 0 Å². The Balaban J connectivity index is 0.00000240. The van der Waals surface area contributed by atoms with Gasteiger partial charge < -0.3 is 15.3 Å². The molecule has 0 bridgehead atoms. The first kappa shape index (κ1) is 24.0. The van der Waals surface area contributed by atoms with Gasteiger partial charge in [-0.3, -0.25) is 4.79 Å². The van der Waals surface area contributed by atoms with Gasteiger partial charge in [-0.05, 0) is 104 Å². The van der Waals surface area contributed by atoms with Crippen molar-refractivity contribution in [2.75, 3.05) is 0 Å². The molecule has 161 valence electrons. The maximum absolute atomic E-state index is 11.2. The quantitative estimate of drug-likeness (QED) is 0.604. The van der Waals surface area contributed by atoms with E-state index in [1.54, 1.807) is 0 Å². The fourth-order valence-electron chi connectivity index (χ4n) is 8.73. The molecule has 4 rings (SSSR count). The van der Waals surface area contributed by atoms with E-state index in [9.17, 15) is 15.0 Å². The number of hydrogen-bond acceptors (Lipinski definition) is 3. The van der Waals surface area contributed by atoms with E-state index in [0.29, 0.717) is 35.5 Å². The van der Waals surface area contributed by atoms with Gasteiger partial charge in [0.2, 0.25) is 0 Å². The summed E-state index contributed by atoms with van der Waals surface area (Å²) in [7, 11) is 0. The smallest absolute Gasteiger partial charge is 0.303 e. The molecule has 4 aliphatic rings. The maximum Gasteiger partial charge on any atom is 0.303 e. The van der Waals surface area contributed by atoms with Crippen LogP contribution in [0.25, 0.3) is 0 Å². The number of aliphatic hydroxyl groups excluding tert-OH is 2. The molecule has 0 heterocycles. The van der Waals surface area contributed by atoms with E-state index in [2.05, 4.69) is 20.8 Å². The van der Waals surface area contributed by atoms with E-state index >= 15 is 0 Å². The number of hydrogen-bond donors (Lipinski definition) is 3. The van der Waals surface area contributed by atoms with E-state index in [1.165, 1.54) is 25.7 Å². The van der Waals surface area contributed by atoms with Crippen LogP contribution >= 0.6 is 0 Å². The van der Waals surface area contributed by atoms with E-state index in [-0.39, 0.29) is 59.0 Å². The molecular formula is C24H40NaO4. The van der Waals surface area contributed by atoms with Crippen molar-refractivity contribution in [1.82, 2.24) is 0 Å². The molecule has 4 aliphatic carbocycles. The van der Waals surface area contributed by atoms with Gasteiger partial charge in [0.05, 0.1) is 12.2 Å². The van der Waals surface area contributed by atoms with Gasteiger partial charge in [-0.15, -0.1) is 0 Å². The SMILES string of the molecule is C[C@H](CCC(=O)O)[C@H]1CC[C@H]2[C@@H]3[C@@H](O)C[C@@H]4C[C@H](O)CC[C@]4(C)[C@H]3CC[C@]12C.[Na]. The third kappa shape index (κ3) is 3.99. The number of carboxylic acid groups (broad SMARTS) is 1. The van der Waals surface area contributed by atoms with Crippen molar-refractivity contribution in [3.63, 3.8) is 0 Å². The summed E-state index contributed by atoms with van der Waals surface area (Å²) >= 11 is 0. The summed E-state index contributed by atoms with van der Waals surface area (Å²) in [6.45, 7) is 7.16. The number of carboxylic acids is 1. The predicted octanol–water partition coefficient (Wildman–Crippen LogP) is 4.10. The Morgan fingerprint density at radius 2 is 1.66 bits per heavy atom. The van der Waals surface area contributed by atoms with Crippen molar-refractivity contribution >= 4 is 35.5 Å². The van der Waals surface area contributed by atoms with Crippen molar-refractivity contribution in [1.29, 1.82) is 0 Å². The number of carbonyl (C=O) groups is 1. The molecule has 3 N–H and O–H groups in total. The molecule has 4 fully saturated rings. The number of aliphatic carboxylic acids is 1. The third-order valence-corrected chi connectivity index (χ3v) is 10.2. The number of aliphatic hydroxyl groups is 2. The molecule has 0 aromatic rings. The van der Waals surface area contributed by atoms with Gasteiger partial charge in [-0.1, -0.05) is 20.8 Å². The molecule has 29 heavy (non-hydrogen) atoms. The molecule has 4 saturated carbocycles. The molecule has 1 radical (unpaired) electrons. The van der Waals surface area contributed by atoms with E-state index < -0.39 is 5.97 Å². The van der Waals surface area contributed by atoms with Crippen LogP contribution in [0, 0.1) is 46.3 Å². The van der Waals surface area contributed by atoms with Crippen LogP contribution in [-0.4, -0.2) is 63.1 Å². The van der Waals surface area contributed by atoms with Crippen molar-refractivity contribution < 1.29 is 20.1 Å². The molecular weight excluding hydrogens is 375 g/mol. The maximum atomic E-state index is 11.2. The summed E-state index contributed by atoms with van der Waals surface area (Å²) in [6.07, 6.45) is 9.19. The van der Waals surface area contributed by atoms with Crippen molar-refractivity contribution in [3.8, 4) is 0 Å². The van der Waals surface area contributed by atoms with E-state index in [0.717, 1.165) is 32.1 Å².